The first-order chi connectivity index (χ1) is 9.16. The molecule has 2 rings (SSSR count). The molecule has 104 valence electrons. The van der Waals surface area contributed by atoms with Crippen LogP contribution in [0, 0.1) is 0 Å². The van der Waals surface area contributed by atoms with Gasteiger partial charge in [0.15, 0.2) is 0 Å². The molecule has 1 aliphatic carbocycles. The Hall–Kier alpha value is -1.85. The summed E-state index contributed by atoms with van der Waals surface area (Å²) < 4.78 is 0. The van der Waals surface area contributed by atoms with Gasteiger partial charge in [-0.2, -0.15) is 0 Å². The maximum Gasteiger partial charge on any atom is 0.322 e. The average Bonchev–Trinajstić information content (AvgIpc) is 2.45. The Labute approximate surface area is 112 Å². The van der Waals surface area contributed by atoms with Gasteiger partial charge in [0, 0.05) is 19.2 Å². The van der Waals surface area contributed by atoms with Crippen LogP contribution in [-0.4, -0.2) is 40.7 Å². The normalized spacial score (nSPS) is 16.1. The van der Waals surface area contributed by atoms with E-state index in [4.69, 9.17) is 5.11 Å². The number of aromatic nitrogens is 2. The van der Waals surface area contributed by atoms with Crippen LogP contribution >= 0.6 is 0 Å². The Balaban J connectivity index is 2.02. The quantitative estimate of drug-likeness (QED) is 0.843. The first-order valence-electron chi connectivity index (χ1n) is 6.67. The summed E-state index contributed by atoms with van der Waals surface area (Å²) in [5, 5.41) is 11.4. The number of nitrogens with zero attached hydrogens (tertiary/aromatic N) is 3. The van der Waals surface area contributed by atoms with Gasteiger partial charge in [-0.1, -0.05) is 19.3 Å². The lowest BCUT2D eigenvalue weighted by molar-refractivity contribution is -0.134. The summed E-state index contributed by atoms with van der Waals surface area (Å²) in [5.74, 6) is 0.491. The van der Waals surface area contributed by atoms with Crippen molar-refractivity contribution in [2.45, 2.75) is 38.1 Å². The Kier molecular flexibility index (Phi) is 4.54. The van der Waals surface area contributed by atoms with Crippen LogP contribution < -0.4 is 10.2 Å². The maximum atomic E-state index is 10.5. The van der Waals surface area contributed by atoms with Gasteiger partial charge in [-0.05, 0) is 12.8 Å². The van der Waals surface area contributed by atoms with E-state index in [1.54, 1.807) is 6.07 Å². The van der Waals surface area contributed by atoms with Crippen molar-refractivity contribution >= 4 is 17.6 Å². The third-order valence-corrected chi connectivity index (χ3v) is 3.56. The van der Waals surface area contributed by atoms with Gasteiger partial charge in [-0.3, -0.25) is 4.79 Å². The second kappa shape index (κ2) is 6.36. The molecule has 0 amide bonds. The highest BCUT2D eigenvalue weighted by Gasteiger charge is 2.19. The van der Waals surface area contributed by atoms with Gasteiger partial charge >= 0.3 is 5.97 Å². The molecule has 1 aliphatic rings. The highest BCUT2D eigenvalue weighted by atomic mass is 16.4. The van der Waals surface area contributed by atoms with E-state index in [0.29, 0.717) is 11.9 Å². The first-order valence-corrected chi connectivity index (χ1v) is 6.67. The lowest BCUT2D eigenvalue weighted by Crippen LogP contribution is -2.34. The van der Waals surface area contributed by atoms with Crippen LogP contribution in [0.5, 0.6) is 0 Å². The van der Waals surface area contributed by atoms with Crippen molar-refractivity contribution in [3.8, 4) is 0 Å². The predicted octanol–water partition coefficient (Wildman–Crippen LogP) is 1.74. The molecular formula is C13H20N4O2. The second-order valence-electron chi connectivity index (χ2n) is 4.91. The first kappa shape index (κ1) is 13.6. The van der Waals surface area contributed by atoms with Crippen LogP contribution in [0.3, 0.4) is 0 Å². The summed E-state index contributed by atoms with van der Waals surface area (Å²) in [4.78, 5) is 21.0. The summed E-state index contributed by atoms with van der Waals surface area (Å²) in [6, 6.07) is 2.33. The molecule has 0 spiro atoms. The lowest BCUT2D eigenvalue weighted by atomic mass is 9.94. The Morgan fingerprint density at radius 3 is 2.84 bits per heavy atom. The number of carbonyl (C=O) groups is 1. The molecule has 1 aromatic rings. The maximum absolute atomic E-state index is 10.5. The molecule has 1 saturated carbocycles. The average molecular weight is 264 g/mol. The van der Waals surface area contributed by atoms with E-state index in [1.165, 1.54) is 38.4 Å². The lowest BCUT2D eigenvalue weighted by Gasteiger charge is -2.32. The molecule has 0 aromatic carbocycles. The standard InChI is InChI=1S/C13H20N4O2/c1-17(10-5-3-2-4-6-10)12-7-11(15-9-16-12)14-8-13(18)19/h7,9-10H,2-6,8H2,1H3,(H,18,19)(H,14,15,16). The predicted molar refractivity (Wildman–Crippen MR) is 73.4 cm³/mol. The van der Waals surface area contributed by atoms with Crippen molar-refractivity contribution in [2.24, 2.45) is 0 Å². The van der Waals surface area contributed by atoms with Crippen molar-refractivity contribution in [1.82, 2.24) is 9.97 Å². The molecule has 1 aromatic heterocycles. The molecule has 6 heteroatoms. The molecule has 6 nitrogen and oxygen atoms in total. The molecule has 0 unspecified atom stereocenters. The van der Waals surface area contributed by atoms with Crippen LogP contribution in [-0.2, 0) is 4.79 Å². The number of anilines is 2. The summed E-state index contributed by atoms with van der Waals surface area (Å²) in [5.41, 5.74) is 0. The molecule has 0 saturated heterocycles. The zero-order chi connectivity index (χ0) is 13.7. The molecule has 1 fully saturated rings. The molecular weight excluding hydrogens is 244 g/mol. The third-order valence-electron chi connectivity index (χ3n) is 3.56. The molecule has 1 heterocycles. The van der Waals surface area contributed by atoms with Gasteiger partial charge in [0.05, 0.1) is 0 Å². The number of hydrogen-bond donors (Lipinski definition) is 2. The third kappa shape index (κ3) is 3.81. The molecule has 2 N–H and O–H groups in total. The van der Waals surface area contributed by atoms with Crippen molar-refractivity contribution in [3.05, 3.63) is 12.4 Å². The summed E-state index contributed by atoms with van der Waals surface area (Å²) in [6.07, 6.45) is 7.71. The number of carboxylic acid groups (broad SMARTS) is 1. The minimum atomic E-state index is -0.902. The topological polar surface area (TPSA) is 78.4 Å². The minimum absolute atomic E-state index is 0.135. The highest BCUT2D eigenvalue weighted by Crippen LogP contribution is 2.25. The van der Waals surface area contributed by atoms with Crippen LogP contribution in [0.4, 0.5) is 11.6 Å². The molecule has 0 atom stereocenters. The molecule has 0 radical (unpaired) electrons. The highest BCUT2D eigenvalue weighted by molar-refractivity contribution is 5.72. The molecule has 0 bridgehead atoms. The van der Waals surface area contributed by atoms with Gasteiger partial charge in [-0.15, -0.1) is 0 Å². The number of rotatable bonds is 5. The van der Waals surface area contributed by atoms with Gasteiger partial charge in [0.25, 0.3) is 0 Å². The smallest absolute Gasteiger partial charge is 0.322 e. The van der Waals surface area contributed by atoms with Crippen molar-refractivity contribution < 1.29 is 9.90 Å². The van der Waals surface area contributed by atoms with Gasteiger partial charge < -0.3 is 15.3 Å². The van der Waals surface area contributed by atoms with E-state index in [1.807, 2.05) is 7.05 Å². The van der Waals surface area contributed by atoms with Crippen LogP contribution in [0.15, 0.2) is 12.4 Å². The fourth-order valence-electron chi connectivity index (χ4n) is 2.46. The summed E-state index contributed by atoms with van der Waals surface area (Å²) in [7, 11) is 2.04. The Morgan fingerprint density at radius 2 is 2.16 bits per heavy atom. The van der Waals surface area contributed by atoms with E-state index >= 15 is 0 Å². The second-order valence-corrected chi connectivity index (χ2v) is 4.91. The minimum Gasteiger partial charge on any atom is -0.480 e. The van der Waals surface area contributed by atoms with E-state index in [-0.39, 0.29) is 6.54 Å². The van der Waals surface area contributed by atoms with Crippen molar-refractivity contribution in [1.29, 1.82) is 0 Å². The zero-order valence-electron chi connectivity index (χ0n) is 11.2. The number of hydrogen-bond acceptors (Lipinski definition) is 5. The number of nitrogens with one attached hydrogen (secondary N) is 1. The Bertz CT molecular complexity index is 432. The van der Waals surface area contributed by atoms with E-state index in [9.17, 15) is 4.79 Å². The summed E-state index contributed by atoms with van der Waals surface area (Å²) in [6.45, 7) is -0.135. The SMILES string of the molecule is CN(c1cc(NCC(=O)O)ncn1)C1CCCCC1. The Morgan fingerprint density at radius 1 is 1.42 bits per heavy atom. The van der Waals surface area contributed by atoms with Crippen LogP contribution in [0.25, 0.3) is 0 Å². The van der Waals surface area contributed by atoms with Crippen LogP contribution in [0.2, 0.25) is 0 Å². The fraction of sp³-hybridized carbons (Fsp3) is 0.615. The van der Waals surface area contributed by atoms with Gasteiger partial charge in [0.2, 0.25) is 0 Å². The fourth-order valence-corrected chi connectivity index (χ4v) is 2.46. The number of aliphatic carboxylic acids is 1. The van der Waals surface area contributed by atoms with Gasteiger partial charge in [0.1, 0.15) is 24.5 Å². The summed E-state index contributed by atoms with van der Waals surface area (Å²) >= 11 is 0. The van der Waals surface area contributed by atoms with Crippen molar-refractivity contribution in [3.63, 3.8) is 0 Å². The van der Waals surface area contributed by atoms with Gasteiger partial charge in [-0.25, -0.2) is 9.97 Å². The monoisotopic (exact) mass is 264 g/mol. The van der Waals surface area contributed by atoms with Crippen LogP contribution in [0.1, 0.15) is 32.1 Å². The van der Waals surface area contributed by atoms with E-state index in [0.717, 1.165) is 5.82 Å². The number of carboxylic acids is 1. The van der Waals surface area contributed by atoms with E-state index < -0.39 is 5.97 Å². The zero-order valence-corrected chi connectivity index (χ0v) is 11.2. The largest absolute Gasteiger partial charge is 0.480 e. The molecule has 19 heavy (non-hydrogen) atoms. The van der Waals surface area contributed by atoms with E-state index in [2.05, 4.69) is 20.2 Å². The van der Waals surface area contributed by atoms with Crippen molar-refractivity contribution in [2.75, 3.05) is 23.8 Å². The molecule has 0 aliphatic heterocycles.